The van der Waals surface area contributed by atoms with Crippen molar-refractivity contribution < 1.29 is 98.3 Å². The predicted molar refractivity (Wildman–Crippen MR) is 548 cm³/mol. The van der Waals surface area contributed by atoms with Gasteiger partial charge in [0.2, 0.25) is 0 Å². The van der Waals surface area contributed by atoms with E-state index < -0.39 is 42.8 Å². The van der Waals surface area contributed by atoms with Crippen LogP contribution in [0.1, 0.15) is 245 Å². The van der Waals surface area contributed by atoms with Crippen molar-refractivity contribution in [1.82, 2.24) is 0 Å². The lowest BCUT2D eigenvalue weighted by atomic mass is 9.69. The third-order valence-electron chi connectivity index (χ3n) is 22.6. The minimum absolute atomic E-state index is 0.0369. The molecule has 8 aromatic rings. The lowest BCUT2D eigenvalue weighted by Crippen LogP contribution is -2.54. The number of phenols is 5. The lowest BCUT2D eigenvalue weighted by molar-refractivity contribution is -0.144. The first-order chi connectivity index (χ1) is 63.3. The molecule has 5 N–H and O–H groups in total. The summed E-state index contributed by atoms with van der Waals surface area (Å²) in [6.45, 7) is 48.9. The normalized spacial score (nSPS) is 13.2. The second-order valence-electron chi connectivity index (χ2n) is 39.2. The molecule has 0 aliphatic rings. The Morgan fingerprint density at radius 3 is 0.799 bits per heavy atom. The van der Waals surface area contributed by atoms with Crippen LogP contribution in [-0.2, 0) is 104 Å². The molecule has 27 heteroatoms. The second-order valence-corrected chi connectivity index (χ2v) is 55.7. The van der Waals surface area contributed by atoms with Crippen LogP contribution in [0.15, 0.2) is 146 Å². The lowest BCUT2D eigenvalue weighted by Gasteiger charge is -2.39. The van der Waals surface area contributed by atoms with Crippen molar-refractivity contribution in [2.75, 3.05) is 33.0 Å². The SMILES string of the molecule is Cc1cc(Cc2cc(Cc3ccc(OCCC[Si](C)(OC(C)C)OC(C)C)cc3)ccc2O)c(O)c(Cc2cc(Cc3ccc(OCCC[Si](C)(OC(C)C)O[Si](C)(CCCOC(=O)CC[B]CCC(=O)OCCC[Si](C)(OC(C)C)OC(C)C)OC(C)C)cc3)cc(Cc3cc(C)cc(Cc4cc(Cc5ccc(OCCC[Si](C)(OC(C)C)OC(C)C)cc5)ccc4O)c3O)c2O)c1. The van der Waals surface area contributed by atoms with E-state index >= 15 is 0 Å². The number of aromatic hydroxyl groups is 5. The summed E-state index contributed by atoms with van der Waals surface area (Å²) in [5, 5.41) is 60.6. The number of hydrogen-bond acceptors (Lipinski definition) is 21. The molecule has 0 aromatic heterocycles. The van der Waals surface area contributed by atoms with Crippen molar-refractivity contribution in [3.8, 4) is 46.0 Å². The average molecular weight is 1930 g/mol. The first kappa shape index (κ1) is 111. The second kappa shape index (κ2) is 53.7. The molecule has 0 saturated heterocycles. The van der Waals surface area contributed by atoms with E-state index in [0.29, 0.717) is 140 Å². The molecule has 735 valence electrons. The summed E-state index contributed by atoms with van der Waals surface area (Å²) < 4.78 is 88.1. The first-order valence-electron chi connectivity index (χ1n) is 48.8. The third kappa shape index (κ3) is 39.4. The number of hydrogen-bond donors (Lipinski definition) is 5. The fraction of sp³-hybridized carbons (Fsp3) is 0.533. The summed E-state index contributed by atoms with van der Waals surface area (Å²) in [5.74, 6) is 2.08. The number of phenolic OH excluding ortho intramolecular Hbond substituents is 5. The summed E-state index contributed by atoms with van der Waals surface area (Å²) in [6.07, 6.45) is 7.69. The van der Waals surface area contributed by atoms with Gasteiger partial charge in [0.1, 0.15) is 53.3 Å². The fourth-order valence-electron chi connectivity index (χ4n) is 17.8. The molecule has 1 radical (unpaired) electrons. The monoisotopic (exact) mass is 1930 g/mol. The van der Waals surface area contributed by atoms with Crippen molar-refractivity contribution in [3.05, 3.63) is 235 Å². The highest BCUT2D eigenvalue weighted by molar-refractivity contribution is 6.80. The third-order valence-corrected chi connectivity index (χ3v) is 40.1. The molecule has 0 aliphatic carbocycles. The molecular formula is C107H158BO21Si5. The molecule has 0 spiro atoms. The van der Waals surface area contributed by atoms with Crippen LogP contribution >= 0.6 is 0 Å². The van der Waals surface area contributed by atoms with Gasteiger partial charge in [-0.15, -0.1) is 0 Å². The fourth-order valence-corrected chi connectivity index (χ4v) is 35.7. The van der Waals surface area contributed by atoms with E-state index in [4.69, 9.17) is 63.2 Å². The Morgan fingerprint density at radius 2 is 0.515 bits per heavy atom. The number of esters is 2. The van der Waals surface area contributed by atoms with Gasteiger partial charge >= 0.3 is 54.7 Å². The number of benzene rings is 8. The maximum Gasteiger partial charge on any atom is 0.335 e. The van der Waals surface area contributed by atoms with E-state index in [1.807, 2.05) is 241 Å². The van der Waals surface area contributed by atoms with Gasteiger partial charge in [0.15, 0.2) is 0 Å². The van der Waals surface area contributed by atoms with E-state index in [2.05, 4.69) is 57.0 Å². The van der Waals surface area contributed by atoms with Gasteiger partial charge in [-0.2, -0.15) is 0 Å². The highest BCUT2D eigenvalue weighted by Gasteiger charge is 2.45. The van der Waals surface area contributed by atoms with Crippen LogP contribution in [0.5, 0.6) is 46.0 Å². The van der Waals surface area contributed by atoms with Crippen LogP contribution < -0.4 is 14.2 Å². The number of aryl methyl sites for hydroxylation is 2. The summed E-state index contributed by atoms with van der Waals surface area (Å²) in [4.78, 5) is 25.4. The molecule has 134 heavy (non-hydrogen) atoms. The van der Waals surface area contributed by atoms with E-state index in [1.165, 1.54) is 0 Å². The Hall–Kier alpha value is -8.11. The molecule has 2 unspecified atom stereocenters. The average Bonchev–Trinajstić information content (AvgIpc) is 0.785. The quantitative estimate of drug-likeness (QED) is 0.0135. The van der Waals surface area contributed by atoms with Gasteiger partial charge in [0.05, 0.1) is 33.0 Å². The summed E-state index contributed by atoms with van der Waals surface area (Å²) in [7, 11) is -11.0. The molecule has 8 aromatic carbocycles. The van der Waals surface area contributed by atoms with Crippen LogP contribution in [0.4, 0.5) is 0 Å². The highest BCUT2D eigenvalue weighted by atomic mass is 28.5. The zero-order valence-electron chi connectivity index (χ0n) is 84.7. The van der Waals surface area contributed by atoms with Gasteiger partial charge < -0.3 is 88.7 Å². The van der Waals surface area contributed by atoms with E-state index in [9.17, 15) is 35.1 Å². The van der Waals surface area contributed by atoms with Crippen molar-refractivity contribution in [1.29, 1.82) is 0 Å². The van der Waals surface area contributed by atoms with Crippen molar-refractivity contribution in [2.24, 2.45) is 0 Å². The molecule has 21 nitrogen and oxygen atoms in total. The molecule has 0 heterocycles. The maximum absolute atomic E-state index is 12.9. The van der Waals surface area contributed by atoms with E-state index in [0.717, 1.165) is 87.0 Å². The minimum atomic E-state index is -2.89. The Morgan fingerprint density at radius 1 is 0.284 bits per heavy atom. The Kier molecular flexibility index (Phi) is 44.6. The topological polar surface area (TPSA) is 265 Å². The van der Waals surface area contributed by atoms with Crippen molar-refractivity contribution in [2.45, 2.75) is 339 Å². The number of rotatable bonds is 61. The zero-order valence-corrected chi connectivity index (χ0v) is 89.7. The summed E-state index contributed by atoms with van der Waals surface area (Å²) in [6, 6.07) is 50.9. The molecule has 2 atom stereocenters. The molecule has 0 bridgehead atoms. The predicted octanol–water partition coefficient (Wildman–Crippen LogP) is 24.2. The first-order valence-corrected chi connectivity index (χ1v) is 61.4. The maximum atomic E-state index is 12.9. The molecule has 8 rings (SSSR count). The van der Waals surface area contributed by atoms with Crippen LogP contribution in [-0.4, -0.2) is 169 Å². The minimum Gasteiger partial charge on any atom is -0.508 e. The van der Waals surface area contributed by atoms with Gasteiger partial charge in [-0.1, -0.05) is 121 Å². The van der Waals surface area contributed by atoms with Crippen LogP contribution in [0.2, 0.25) is 75.6 Å². The smallest absolute Gasteiger partial charge is 0.335 e. The van der Waals surface area contributed by atoms with Gasteiger partial charge in [-0.3, -0.25) is 9.59 Å². The Labute approximate surface area is 807 Å². The van der Waals surface area contributed by atoms with Crippen LogP contribution in [0.3, 0.4) is 0 Å². The number of carbonyl (C=O) groups excluding carboxylic acids is 2. The van der Waals surface area contributed by atoms with Crippen molar-refractivity contribution >= 4 is 62.0 Å². The van der Waals surface area contributed by atoms with Crippen molar-refractivity contribution in [3.63, 3.8) is 0 Å². The van der Waals surface area contributed by atoms with Crippen LogP contribution in [0, 0.1) is 13.8 Å². The Balaban J connectivity index is 0.944. The van der Waals surface area contributed by atoms with Gasteiger partial charge in [0.25, 0.3) is 0 Å². The van der Waals surface area contributed by atoms with Crippen LogP contribution in [0.25, 0.3) is 0 Å². The van der Waals surface area contributed by atoms with Gasteiger partial charge in [-0.25, -0.2) is 0 Å². The zero-order chi connectivity index (χ0) is 98.1. The molecule has 0 amide bonds. The Bertz CT molecular complexity index is 4690. The van der Waals surface area contributed by atoms with Gasteiger partial charge in [-0.05, 0) is 365 Å². The molecular weight excluding hydrogens is 1770 g/mol. The number of carbonyl (C=O) groups is 2. The highest BCUT2D eigenvalue weighted by Crippen LogP contribution is 2.40. The summed E-state index contributed by atoms with van der Waals surface area (Å²) >= 11 is 0. The van der Waals surface area contributed by atoms with Gasteiger partial charge in [0, 0.05) is 87.4 Å². The molecule has 0 saturated carbocycles. The number of ether oxygens (including phenoxy) is 5. The molecule has 0 fully saturated rings. The summed E-state index contributed by atoms with van der Waals surface area (Å²) in [5.41, 5.74) is 12.7. The van der Waals surface area contributed by atoms with E-state index in [1.54, 1.807) is 12.1 Å². The largest absolute Gasteiger partial charge is 0.508 e. The molecule has 0 aliphatic heterocycles. The van der Waals surface area contributed by atoms with E-state index in [-0.39, 0.29) is 135 Å². The standard InChI is InChI=1S/C107H158BO21Si5/c1-74(2)121-130(19,122-75(3)4)54-24-49-116-98-37-29-84(30-38-98)63-87-35-43-101(109)90(66-87)70-92-59-82(17)61-94(105(92)113)72-96-68-89(69-97(107(96)115)73-95-62-83(18)60-93(106(95)114)71-91-67-88(36-44-102(91)110)64-85-31-39-99(40-32-85)117-50-25-55-131(20,123-76(5)6)124-77(7)8)65-86-33-41-100(42-34-86)118-51-26-57-133(22,127-80(13)14)129-134(23,128-81(15)16)58-28-53-120-104(112)46-48-108-47-45-103(111)119-52-27-56-132(21,125-78(9)10)126-79(11)12/h29-44,59-62,66-69,74-81,109-110,113-115H,24-28,45-58,63-65,70-73H2,1-23H3.